The van der Waals surface area contributed by atoms with Crippen molar-refractivity contribution in [2.45, 2.75) is 405 Å². The summed E-state index contributed by atoms with van der Waals surface area (Å²) in [6.45, 7) is 4.92. The van der Waals surface area contributed by atoms with Gasteiger partial charge in [0, 0.05) is 12.8 Å². The minimum atomic E-state index is -0.842. The monoisotopic (exact) mass is 1110 g/mol. The Morgan fingerprint density at radius 3 is 0.962 bits per heavy atom. The van der Waals surface area contributed by atoms with Crippen LogP contribution in [0.3, 0.4) is 0 Å². The van der Waals surface area contributed by atoms with E-state index in [0.717, 1.165) is 44.9 Å². The summed E-state index contributed by atoms with van der Waals surface area (Å²) in [5.41, 5.74) is 0. The first kappa shape index (κ1) is 77.1. The number of hydrogen-bond acceptors (Lipinski definition) is 5. The third-order valence-electron chi connectivity index (χ3n) is 16.7. The fourth-order valence-corrected chi connectivity index (χ4v) is 11.2. The second-order valence-corrected chi connectivity index (χ2v) is 24.6. The van der Waals surface area contributed by atoms with E-state index >= 15 is 0 Å². The Kier molecular flexibility index (Phi) is 66.9. The first-order valence-electron chi connectivity index (χ1n) is 35.8. The quantitative estimate of drug-likeness (QED) is 0.0320. The Morgan fingerprint density at radius 2 is 0.633 bits per heavy atom. The van der Waals surface area contributed by atoms with Gasteiger partial charge in [0.15, 0.2) is 0 Å². The van der Waals surface area contributed by atoms with Crippen molar-refractivity contribution in [2.75, 3.05) is 13.2 Å². The summed E-state index contributed by atoms with van der Waals surface area (Å²) >= 11 is 0. The summed E-state index contributed by atoms with van der Waals surface area (Å²) in [6, 6.07) is -0.625. The fraction of sp³-hybridized carbons (Fsp3) is 0.890. The number of unbranched alkanes of at least 4 members (excludes halogenated alkanes) is 52. The molecule has 0 saturated carbocycles. The second kappa shape index (κ2) is 68.6. The van der Waals surface area contributed by atoms with E-state index in [0.29, 0.717) is 19.4 Å². The number of nitrogens with one attached hydrogen (secondary N) is 1. The van der Waals surface area contributed by atoms with Crippen molar-refractivity contribution in [3.05, 3.63) is 36.5 Å². The Labute approximate surface area is 494 Å². The number of rotatable bonds is 67. The second-order valence-electron chi connectivity index (χ2n) is 24.6. The van der Waals surface area contributed by atoms with Crippen molar-refractivity contribution >= 4 is 11.9 Å². The third-order valence-corrected chi connectivity index (χ3v) is 16.7. The van der Waals surface area contributed by atoms with Crippen LogP contribution in [0.2, 0.25) is 0 Å². The van der Waals surface area contributed by atoms with E-state index in [4.69, 9.17) is 4.74 Å². The van der Waals surface area contributed by atoms with Gasteiger partial charge in [0.05, 0.1) is 25.4 Å². The number of allylic oxidation sites excluding steroid dienone is 5. The minimum absolute atomic E-state index is 0.0185. The molecule has 0 heterocycles. The lowest BCUT2D eigenvalue weighted by Gasteiger charge is -2.20. The fourth-order valence-electron chi connectivity index (χ4n) is 11.2. The van der Waals surface area contributed by atoms with Gasteiger partial charge in [0.2, 0.25) is 5.91 Å². The summed E-state index contributed by atoms with van der Waals surface area (Å²) in [5, 5.41) is 23.1. The van der Waals surface area contributed by atoms with Gasteiger partial charge in [-0.2, -0.15) is 0 Å². The van der Waals surface area contributed by atoms with Gasteiger partial charge in [0.1, 0.15) is 0 Å². The van der Waals surface area contributed by atoms with E-state index < -0.39 is 12.1 Å². The maximum absolute atomic E-state index is 12.5. The molecule has 6 heteroatoms. The van der Waals surface area contributed by atoms with Crippen LogP contribution in [0.25, 0.3) is 0 Å². The lowest BCUT2D eigenvalue weighted by Crippen LogP contribution is -2.45. The average Bonchev–Trinajstić information content (AvgIpc) is 3.45. The number of aliphatic hydroxyl groups excluding tert-OH is 2. The normalized spacial score (nSPS) is 12.7. The standard InChI is InChI=1S/C73H139NO5/c1-3-5-7-9-11-13-15-16-42-46-49-53-57-61-65-71(76)70(69-75)74-72(77)66-62-58-54-50-47-43-40-38-36-34-32-30-28-26-24-22-20-18-17-19-21-23-25-27-29-31-33-35-37-39-41-44-48-52-56-60-64-68-79-73(78)67-63-59-55-51-45-14-12-10-8-6-4-2/h17,19,23,25,61,65,70-71,75-76H,3-16,18,20-22,24,26-60,62-64,66-69H2,1-2H3,(H,74,77)/b19-17-,25-23-,65-61+. The maximum atomic E-state index is 12.5. The van der Waals surface area contributed by atoms with Crippen molar-refractivity contribution in [2.24, 2.45) is 0 Å². The van der Waals surface area contributed by atoms with E-state index in [-0.39, 0.29) is 18.5 Å². The molecule has 1 amide bonds. The highest BCUT2D eigenvalue weighted by Crippen LogP contribution is 2.18. The van der Waals surface area contributed by atoms with Crippen LogP contribution in [-0.2, 0) is 14.3 Å². The van der Waals surface area contributed by atoms with E-state index in [9.17, 15) is 19.8 Å². The summed E-state index contributed by atoms with van der Waals surface area (Å²) in [4.78, 5) is 24.5. The molecule has 0 aliphatic heterocycles. The van der Waals surface area contributed by atoms with Crippen molar-refractivity contribution in [1.82, 2.24) is 5.32 Å². The van der Waals surface area contributed by atoms with Gasteiger partial charge in [-0.25, -0.2) is 0 Å². The van der Waals surface area contributed by atoms with Gasteiger partial charge >= 0.3 is 5.97 Å². The lowest BCUT2D eigenvalue weighted by atomic mass is 10.0. The highest BCUT2D eigenvalue weighted by Gasteiger charge is 2.18. The Morgan fingerprint density at radius 1 is 0.354 bits per heavy atom. The van der Waals surface area contributed by atoms with Crippen LogP contribution in [0.4, 0.5) is 0 Å². The SMILES string of the molecule is CCCCCCCCCCCCCC/C=C/C(O)C(CO)NC(=O)CCCCCCCCCCCCCCCCCCC/C=C\C/C=C\CCCCCCCCCCCCCCCOC(=O)CCCCCCCCCCCCC. The van der Waals surface area contributed by atoms with E-state index in [1.54, 1.807) is 6.08 Å². The zero-order valence-electron chi connectivity index (χ0n) is 53.4. The van der Waals surface area contributed by atoms with Crippen LogP contribution in [0.5, 0.6) is 0 Å². The lowest BCUT2D eigenvalue weighted by molar-refractivity contribution is -0.143. The molecule has 0 radical (unpaired) electrons. The summed E-state index contributed by atoms with van der Waals surface area (Å²) in [6.07, 6.45) is 88.1. The predicted molar refractivity (Wildman–Crippen MR) is 347 cm³/mol. The van der Waals surface area contributed by atoms with Gasteiger partial charge in [-0.1, -0.05) is 352 Å². The van der Waals surface area contributed by atoms with E-state index in [2.05, 4.69) is 43.5 Å². The highest BCUT2D eigenvalue weighted by atomic mass is 16.5. The van der Waals surface area contributed by atoms with Crippen molar-refractivity contribution in [3.63, 3.8) is 0 Å². The highest BCUT2D eigenvalue weighted by molar-refractivity contribution is 5.76. The van der Waals surface area contributed by atoms with Crippen LogP contribution < -0.4 is 5.32 Å². The molecule has 0 aliphatic carbocycles. The van der Waals surface area contributed by atoms with Gasteiger partial charge in [-0.15, -0.1) is 0 Å². The molecule has 3 N–H and O–H groups in total. The molecule has 2 atom stereocenters. The molecule has 0 aliphatic rings. The zero-order valence-corrected chi connectivity index (χ0v) is 53.4. The van der Waals surface area contributed by atoms with Crippen LogP contribution in [0, 0.1) is 0 Å². The molecule has 0 aromatic heterocycles. The van der Waals surface area contributed by atoms with Crippen LogP contribution >= 0.6 is 0 Å². The molecular formula is C73H139NO5. The summed E-state index contributed by atoms with van der Waals surface area (Å²) < 4.78 is 5.47. The molecule has 2 unspecified atom stereocenters. The number of aliphatic hydroxyl groups is 2. The number of amides is 1. The van der Waals surface area contributed by atoms with Crippen LogP contribution in [0.15, 0.2) is 36.5 Å². The molecule has 0 fully saturated rings. The van der Waals surface area contributed by atoms with Crippen molar-refractivity contribution in [1.29, 1.82) is 0 Å². The predicted octanol–water partition coefficient (Wildman–Crippen LogP) is 23.1. The van der Waals surface area contributed by atoms with E-state index in [1.807, 2.05) is 6.08 Å². The number of carbonyl (C=O) groups is 2. The summed E-state index contributed by atoms with van der Waals surface area (Å²) in [5.74, 6) is -0.0449. The first-order valence-corrected chi connectivity index (χ1v) is 35.8. The van der Waals surface area contributed by atoms with Crippen molar-refractivity contribution < 1.29 is 24.5 Å². The topological polar surface area (TPSA) is 95.9 Å². The number of esters is 1. The van der Waals surface area contributed by atoms with Gasteiger partial charge in [0.25, 0.3) is 0 Å². The molecule has 0 aromatic carbocycles. The molecule has 0 aromatic rings. The third kappa shape index (κ3) is 65.1. The molecular weight excluding hydrogens is 971 g/mol. The number of ether oxygens (including phenoxy) is 1. The smallest absolute Gasteiger partial charge is 0.305 e. The molecule has 0 rings (SSSR count). The van der Waals surface area contributed by atoms with Crippen LogP contribution in [0.1, 0.15) is 393 Å². The number of carbonyl (C=O) groups excluding carboxylic acids is 2. The van der Waals surface area contributed by atoms with Gasteiger partial charge in [-0.3, -0.25) is 9.59 Å². The minimum Gasteiger partial charge on any atom is -0.466 e. The van der Waals surface area contributed by atoms with Gasteiger partial charge < -0.3 is 20.3 Å². The van der Waals surface area contributed by atoms with Crippen LogP contribution in [-0.4, -0.2) is 47.4 Å². The zero-order chi connectivity index (χ0) is 57.1. The number of hydrogen-bond donors (Lipinski definition) is 3. The first-order chi connectivity index (χ1) is 39.0. The largest absolute Gasteiger partial charge is 0.466 e. The Balaban J connectivity index is 3.37. The molecule has 466 valence electrons. The molecule has 0 saturated heterocycles. The molecule has 0 bridgehead atoms. The maximum Gasteiger partial charge on any atom is 0.305 e. The summed E-state index contributed by atoms with van der Waals surface area (Å²) in [7, 11) is 0. The molecule has 79 heavy (non-hydrogen) atoms. The Hall–Kier alpha value is -1.92. The average molecular weight is 1110 g/mol. The molecule has 0 spiro atoms. The van der Waals surface area contributed by atoms with Crippen molar-refractivity contribution in [3.8, 4) is 0 Å². The van der Waals surface area contributed by atoms with Gasteiger partial charge in [-0.05, 0) is 64.2 Å². The van der Waals surface area contributed by atoms with E-state index in [1.165, 1.54) is 321 Å². The molecule has 6 nitrogen and oxygen atoms in total. The Bertz CT molecular complexity index is 1280.